The Hall–Kier alpha value is -1.52. The zero-order valence-electron chi connectivity index (χ0n) is 8.37. The fourth-order valence-corrected chi connectivity index (χ4v) is 1.04. The summed E-state index contributed by atoms with van der Waals surface area (Å²) in [4.78, 5) is 0. The van der Waals surface area contributed by atoms with E-state index in [1.165, 1.54) is 12.1 Å². The first kappa shape index (κ1) is 11.6. The number of hydrogen-bond donors (Lipinski definition) is 1. The maximum absolute atomic E-state index is 11.9. The van der Waals surface area contributed by atoms with E-state index in [0.29, 0.717) is 23.8 Å². The Morgan fingerprint density at radius 2 is 2.07 bits per heavy atom. The smallest absolute Gasteiger partial charge is 0.272 e. The maximum atomic E-state index is 11.9. The molecule has 0 aromatic heterocycles. The van der Waals surface area contributed by atoms with Crippen LogP contribution in [0.2, 0.25) is 0 Å². The van der Waals surface area contributed by atoms with Crippen molar-refractivity contribution in [2.45, 2.75) is 13.3 Å². The van der Waals surface area contributed by atoms with Gasteiger partial charge in [-0.3, -0.25) is 0 Å². The summed E-state index contributed by atoms with van der Waals surface area (Å²) in [6.45, 7) is 1.64. The van der Waals surface area contributed by atoms with Gasteiger partial charge in [0.25, 0.3) is 6.43 Å². The van der Waals surface area contributed by atoms with Gasteiger partial charge in [0.05, 0.1) is 12.3 Å². The minimum absolute atomic E-state index is 0.327. The van der Waals surface area contributed by atoms with Crippen LogP contribution < -0.4 is 15.2 Å². The fraction of sp³-hybridized carbons (Fsp3) is 0.400. The monoisotopic (exact) mass is 217 g/mol. The van der Waals surface area contributed by atoms with E-state index in [9.17, 15) is 8.78 Å². The van der Waals surface area contributed by atoms with Crippen molar-refractivity contribution in [2.75, 3.05) is 18.9 Å². The van der Waals surface area contributed by atoms with Crippen molar-refractivity contribution in [3.05, 3.63) is 18.2 Å². The van der Waals surface area contributed by atoms with E-state index in [4.69, 9.17) is 15.2 Å². The van der Waals surface area contributed by atoms with Gasteiger partial charge in [0, 0.05) is 6.07 Å². The maximum Gasteiger partial charge on any atom is 0.272 e. The molecule has 0 aliphatic heterocycles. The molecule has 15 heavy (non-hydrogen) atoms. The average Bonchev–Trinajstić information content (AvgIpc) is 2.19. The molecule has 0 bridgehead atoms. The van der Waals surface area contributed by atoms with E-state index < -0.39 is 13.0 Å². The van der Waals surface area contributed by atoms with Crippen LogP contribution >= 0.6 is 0 Å². The van der Waals surface area contributed by atoms with Crippen molar-refractivity contribution in [1.82, 2.24) is 0 Å². The number of anilines is 1. The molecule has 0 unspecified atom stereocenters. The largest absolute Gasteiger partial charge is 0.492 e. The molecule has 0 aliphatic carbocycles. The zero-order valence-corrected chi connectivity index (χ0v) is 8.37. The average molecular weight is 217 g/mol. The number of hydrogen-bond acceptors (Lipinski definition) is 3. The van der Waals surface area contributed by atoms with E-state index in [2.05, 4.69) is 0 Å². The highest BCUT2D eigenvalue weighted by molar-refractivity contribution is 5.55. The molecule has 0 amide bonds. The van der Waals surface area contributed by atoms with Crippen molar-refractivity contribution in [3.8, 4) is 11.5 Å². The van der Waals surface area contributed by atoms with Gasteiger partial charge in [0.1, 0.15) is 18.1 Å². The lowest BCUT2D eigenvalue weighted by atomic mass is 10.3. The first-order valence-corrected chi connectivity index (χ1v) is 4.56. The van der Waals surface area contributed by atoms with Crippen LogP contribution in [-0.4, -0.2) is 19.6 Å². The number of halogens is 2. The van der Waals surface area contributed by atoms with Gasteiger partial charge in [-0.1, -0.05) is 0 Å². The highest BCUT2D eigenvalue weighted by Gasteiger charge is 2.06. The summed E-state index contributed by atoms with van der Waals surface area (Å²) < 4.78 is 33.8. The number of nitrogens with two attached hydrogens (primary N) is 1. The summed E-state index contributed by atoms with van der Waals surface area (Å²) >= 11 is 0. The van der Waals surface area contributed by atoms with Crippen LogP contribution in [0, 0.1) is 0 Å². The summed E-state index contributed by atoms with van der Waals surface area (Å²) in [5, 5.41) is 0. The molecule has 5 heteroatoms. The third-order valence-corrected chi connectivity index (χ3v) is 1.66. The predicted molar refractivity (Wildman–Crippen MR) is 53.5 cm³/mol. The highest BCUT2D eigenvalue weighted by Crippen LogP contribution is 2.26. The van der Waals surface area contributed by atoms with Crippen LogP contribution in [-0.2, 0) is 0 Å². The lowest BCUT2D eigenvalue weighted by Gasteiger charge is -2.10. The molecule has 3 nitrogen and oxygen atoms in total. The van der Waals surface area contributed by atoms with Gasteiger partial charge in [-0.25, -0.2) is 8.78 Å². The minimum Gasteiger partial charge on any atom is -0.492 e. The Morgan fingerprint density at radius 3 is 2.67 bits per heavy atom. The first-order chi connectivity index (χ1) is 7.13. The van der Waals surface area contributed by atoms with E-state index >= 15 is 0 Å². The van der Waals surface area contributed by atoms with Crippen molar-refractivity contribution in [1.29, 1.82) is 0 Å². The SMILES string of the molecule is CCOc1cc(OCC(F)F)ccc1N. The molecule has 1 aromatic carbocycles. The molecule has 0 saturated carbocycles. The number of rotatable bonds is 5. The molecule has 0 aliphatic rings. The Bertz CT molecular complexity index is 318. The number of alkyl halides is 2. The van der Waals surface area contributed by atoms with Gasteiger partial charge in [-0.15, -0.1) is 0 Å². The highest BCUT2D eigenvalue weighted by atomic mass is 19.3. The van der Waals surface area contributed by atoms with Crippen LogP contribution in [0.4, 0.5) is 14.5 Å². The molecule has 0 radical (unpaired) electrons. The second kappa shape index (κ2) is 5.38. The number of benzene rings is 1. The van der Waals surface area contributed by atoms with Crippen molar-refractivity contribution in [3.63, 3.8) is 0 Å². The molecule has 1 aromatic rings. The van der Waals surface area contributed by atoms with Gasteiger partial charge in [-0.05, 0) is 19.1 Å². The van der Waals surface area contributed by atoms with Gasteiger partial charge in [-0.2, -0.15) is 0 Å². The Balaban J connectivity index is 2.69. The first-order valence-electron chi connectivity index (χ1n) is 4.56. The molecule has 0 atom stereocenters. The van der Waals surface area contributed by atoms with Crippen molar-refractivity contribution in [2.24, 2.45) is 0 Å². The van der Waals surface area contributed by atoms with Crippen molar-refractivity contribution < 1.29 is 18.3 Å². The fourth-order valence-electron chi connectivity index (χ4n) is 1.04. The second-order valence-electron chi connectivity index (χ2n) is 2.83. The second-order valence-corrected chi connectivity index (χ2v) is 2.83. The van der Waals surface area contributed by atoms with Crippen LogP contribution in [0.25, 0.3) is 0 Å². The summed E-state index contributed by atoms with van der Waals surface area (Å²) in [7, 11) is 0. The molecule has 0 heterocycles. The third-order valence-electron chi connectivity index (χ3n) is 1.66. The summed E-state index contributed by atoms with van der Waals surface area (Å²) in [5.74, 6) is 0.775. The minimum atomic E-state index is -2.49. The van der Waals surface area contributed by atoms with Gasteiger partial charge in [0.15, 0.2) is 0 Å². The normalized spacial score (nSPS) is 10.4. The quantitative estimate of drug-likeness (QED) is 0.770. The van der Waals surface area contributed by atoms with Crippen LogP contribution in [0.1, 0.15) is 6.92 Å². The molecular weight excluding hydrogens is 204 g/mol. The Kier molecular flexibility index (Phi) is 4.15. The van der Waals surface area contributed by atoms with E-state index in [1.807, 2.05) is 6.92 Å². The van der Waals surface area contributed by atoms with Gasteiger partial charge >= 0.3 is 0 Å². The lowest BCUT2D eigenvalue weighted by Crippen LogP contribution is -2.07. The molecule has 0 saturated heterocycles. The molecule has 0 fully saturated rings. The summed E-state index contributed by atoms with van der Waals surface area (Å²) in [5.41, 5.74) is 6.06. The zero-order chi connectivity index (χ0) is 11.3. The standard InChI is InChI=1S/C10H13F2NO2/c1-2-14-9-5-7(3-4-8(9)13)15-6-10(11)12/h3-5,10H,2,6,13H2,1H3. The molecule has 1 rings (SSSR count). The number of ether oxygens (including phenoxy) is 2. The summed E-state index contributed by atoms with van der Waals surface area (Å²) in [6.07, 6.45) is -2.49. The van der Waals surface area contributed by atoms with Gasteiger partial charge in [0.2, 0.25) is 0 Å². The van der Waals surface area contributed by atoms with E-state index in [-0.39, 0.29) is 0 Å². The van der Waals surface area contributed by atoms with Crippen LogP contribution in [0.5, 0.6) is 11.5 Å². The summed E-state index contributed by atoms with van der Waals surface area (Å²) in [6, 6.07) is 4.59. The molecular formula is C10H13F2NO2. The van der Waals surface area contributed by atoms with E-state index in [1.54, 1.807) is 6.07 Å². The van der Waals surface area contributed by atoms with Gasteiger partial charge < -0.3 is 15.2 Å². The van der Waals surface area contributed by atoms with Crippen molar-refractivity contribution >= 4 is 5.69 Å². The van der Waals surface area contributed by atoms with Crippen LogP contribution in [0.15, 0.2) is 18.2 Å². The molecule has 84 valence electrons. The predicted octanol–water partition coefficient (Wildman–Crippen LogP) is 2.31. The third kappa shape index (κ3) is 3.61. The molecule has 0 spiro atoms. The van der Waals surface area contributed by atoms with Crippen LogP contribution in [0.3, 0.4) is 0 Å². The topological polar surface area (TPSA) is 44.5 Å². The number of nitrogen functional groups attached to an aromatic ring is 1. The lowest BCUT2D eigenvalue weighted by molar-refractivity contribution is 0.0817. The van der Waals surface area contributed by atoms with E-state index in [0.717, 1.165) is 0 Å². The Labute approximate surface area is 86.8 Å². The Morgan fingerprint density at radius 1 is 1.33 bits per heavy atom. The molecule has 2 N–H and O–H groups in total.